The number of aromatic nitrogens is 1. The minimum atomic E-state index is -3.83. The average Bonchev–Trinajstić information content (AvgIpc) is 3.22. The number of carbonyl (C=O) groups excluding carboxylic acids is 1. The molecule has 3 aromatic rings. The van der Waals surface area contributed by atoms with Crippen LogP contribution in [-0.4, -0.2) is 42.0 Å². The maximum atomic E-state index is 12.5. The molecule has 7 nitrogen and oxygen atoms in total. The lowest BCUT2D eigenvalue weighted by atomic mass is 10.1. The predicted molar refractivity (Wildman–Crippen MR) is 127 cm³/mol. The van der Waals surface area contributed by atoms with Crippen LogP contribution in [0.4, 0.5) is 0 Å². The molecule has 1 aromatic carbocycles. The summed E-state index contributed by atoms with van der Waals surface area (Å²) in [7, 11) is -1.03. The Hall–Kier alpha value is -1.95. The molecule has 1 N–H and O–H groups in total. The first-order valence-corrected chi connectivity index (χ1v) is 12.0. The van der Waals surface area contributed by atoms with E-state index >= 15 is 0 Å². The first-order valence-electron chi connectivity index (χ1n) is 8.62. The standard InChI is InChI=1S/C19H13Cl2N3O4S3/c1-24(2)31(26,27)17-13(20)4-9(5-14(17)21)12-8-22-7-10-3-11(28-16(10)12)6-15-18(25)23-19(29)30-15/h3-8H,1-2H3,(H,23,25,29)/b15-6-. The molecule has 1 fully saturated rings. The van der Waals surface area contributed by atoms with Crippen LogP contribution in [0.3, 0.4) is 0 Å². The van der Waals surface area contributed by atoms with Gasteiger partial charge in [0.1, 0.15) is 20.6 Å². The van der Waals surface area contributed by atoms with Crippen LogP contribution in [0.25, 0.3) is 28.2 Å². The number of hydrogen-bond donors (Lipinski definition) is 1. The molecule has 3 heterocycles. The molecular formula is C19H13Cl2N3O4S3. The number of benzene rings is 1. The van der Waals surface area contributed by atoms with Crippen molar-refractivity contribution >= 4 is 84.5 Å². The van der Waals surface area contributed by atoms with Crippen molar-refractivity contribution in [1.82, 2.24) is 14.6 Å². The van der Waals surface area contributed by atoms with Crippen molar-refractivity contribution < 1.29 is 17.6 Å². The van der Waals surface area contributed by atoms with E-state index in [1.54, 1.807) is 24.5 Å². The second-order valence-corrected chi connectivity index (χ2v) is 11.3. The second kappa shape index (κ2) is 8.19. The summed E-state index contributed by atoms with van der Waals surface area (Å²) >= 11 is 18.7. The molecule has 0 aliphatic carbocycles. The summed E-state index contributed by atoms with van der Waals surface area (Å²) in [6.07, 6.45) is 4.78. The Balaban J connectivity index is 1.82. The Bertz CT molecular complexity index is 1370. The lowest BCUT2D eigenvalue weighted by Crippen LogP contribution is -2.23. The summed E-state index contributed by atoms with van der Waals surface area (Å²) < 4.78 is 32.4. The zero-order valence-corrected chi connectivity index (χ0v) is 19.9. The number of nitrogens with one attached hydrogen (secondary N) is 1. The molecule has 0 atom stereocenters. The molecule has 0 spiro atoms. The maximum absolute atomic E-state index is 12.5. The number of carbonyl (C=O) groups is 1. The van der Waals surface area contributed by atoms with E-state index in [9.17, 15) is 13.2 Å². The second-order valence-electron chi connectivity index (χ2n) is 6.66. The van der Waals surface area contributed by atoms with Crippen molar-refractivity contribution in [3.05, 3.63) is 51.3 Å². The van der Waals surface area contributed by atoms with Gasteiger partial charge < -0.3 is 9.73 Å². The minimum absolute atomic E-state index is 0.0189. The Morgan fingerprint density at radius 1 is 1.19 bits per heavy atom. The number of halogens is 2. The average molecular weight is 514 g/mol. The number of fused-ring (bicyclic) bond motifs is 1. The molecule has 160 valence electrons. The van der Waals surface area contributed by atoms with E-state index in [4.69, 9.17) is 39.8 Å². The molecule has 2 aromatic heterocycles. The van der Waals surface area contributed by atoms with Crippen LogP contribution in [0.5, 0.6) is 0 Å². The number of thiocarbonyl (C=S) groups is 1. The van der Waals surface area contributed by atoms with Crippen molar-refractivity contribution in [2.45, 2.75) is 4.90 Å². The van der Waals surface area contributed by atoms with Gasteiger partial charge in [0.05, 0.1) is 15.0 Å². The van der Waals surface area contributed by atoms with E-state index in [0.717, 1.165) is 16.1 Å². The van der Waals surface area contributed by atoms with Crippen LogP contribution in [0.1, 0.15) is 5.76 Å². The quantitative estimate of drug-likeness (QED) is 0.404. The molecule has 1 amide bonds. The SMILES string of the molecule is CN(C)S(=O)(=O)c1c(Cl)cc(-c2cncc3cc(/C=C4\SC(=S)NC4=O)oc23)cc1Cl. The molecule has 0 radical (unpaired) electrons. The topological polar surface area (TPSA) is 92.5 Å². The number of hydrogen-bond acceptors (Lipinski definition) is 7. The van der Waals surface area contributed by atoms with Crippen LogP contribution in [0, 0.1) is 0 Å². The zero-order chi connectivity index (χ0) is 22.5. The fourth-order valence-corrected chi connectivity index (χ4v) is 6.03. The number of amides is 1. The number of sulfonamides is 1. The van der Waals surface area contributed by atoms with Crippen LogP contribution < -0.4 is 5.32 Å². The normalized spacial score (nSPS) is 16.0. The van der Waals surface area contributed by atoms with Crippen molar-refractivity contribution in [1.29, 1.82) is 0 Å². The third-order valence-electron chi connectivity index (χ3n) is 4.41. The highest BCUT2D eigenvalue weighted by Crippen LogP contribution is 2.38. The van der Waals surface area contributed by atoms with Gasteiger partial charge in [-0.25, -0.2) is 12.7 Å². The van der Waals surface area contributed by atoms with Crippen LogP contribution >= 0.6 is 47.2 Å². The van der Waals surface area contributed by atoms with Crippen LogP contribution in [0.15, 0.2) is 44.8 Å². The number of rotatable bonds is 4. The number of furan rings is 1. The van der Waals surface area contributed by atoms with Gasteiger partial charge >= 0.3 is 0 Å². The van der Waals surface area contributed by atoms with Gasteiger partial charge in [0.15, 0.2) is 0 Å². The van der Waals surface area contributed by atoms with E-state index in [1.807, 2.05) is 0 Å². The first-order chi connectivity index (χ1) is 14.6. The molecule has 12 heteroatoms. The monoisotopic (exact) mass is 513 g/mol. The molecule has 0 saturated carbocycles. The van der Waals surface area contributed by atoms with E-state index in [1.165, 1.54) is 26.2 Å². The largest absolute Gasteiger partial charge is 0.456 e. The van der Waals surface area contributed by atoms with E-state index in [-0.39, 0.29) is 20.8 Å². The summed E-state index contributed by atoms with van der Waals surface area (Å²) in [6, 6.07) is 4.74. The fraction of sp³-hybridized carbons (Fsp3) is 0.105. The maximum Gasteiger partial charge on any atom is 0.263 e. The minimum Gasteiger partial charge on any atom is -0.456 e. The third-order valence-corrected chi connectivity index (χ3v) is 8.31. The molecule has 0 unspecified atom stereocenters. The molecular weight excluding hydrogens is 501 g/mol. The number of pyridine rings is 1. The highest BCUT2D eigenvalue weighted by molar-refractivity contribution is 8.26. The Morgan fingerprint density at radius 3 is 2.45 bits per heavy atom. The van der Waals surface area contributed by atoms with Gasteiger partial charge in [-0.3, -0.25) is 9.78 Å². The van der Waals surface area contributed by atoms with E-state index in [0.29, 0.717) is 37.1 Å². The predicted octanol–water partition coefficient (Wildman–Crippen LogP) is 4.54. The fourth-order valence-electron chi connectivity index (χ4n) is 2.95. The first kappa shape index (κ1) is 22.3. The van der Waals surface area contributed by atoms with Crippen molar-refractivity contribution in [2.24, 2.45) is 0 Å². The summed E-state index contributed by atoms with van der Waals surface area (Å²) in [5, 5.41) is 3.20. The Morgan fingerprint density at radius 2 is 1.87 bits per heavy atom. The van der Waals surface area contributed by atoms with Crippen molar-refractivity contribution in [3.63, 3.8) is 0 Å². The van der Waals surface area contributed by atoms with Crippen molar-refractivity contribution in [2.75, 3.05) is 14.1 Å². The van der Waals surface area contributed by atoms with Gasteiger partial charge in [0.2, 0.25) is 10.0 Å². The smallest absolute Gasteiger partial charge is 0.263 e. The van der Waals surface area contributed by atoms with Gasteiger partial charge in [0.25, 0.3) is 5.91 Å². The van der Waals surface area contributed by atoms with Gasteiger partial charge in [-0.2, -0.15) is 0 Å². The molecule has 0 bridgehead atoms. The highest BCUT2D eigenvalue weighted by Gasteiger charge is 2.26. The Labute approximate surface area is 197 Å². The molecule has 31 heavy (non-hydrogen) atoms. The summed E-state index contributed by atoms with van der Waals surface area (Å²) in [6.45, 7) is 0. The van der Waals surface area contributed by atoms with Gasteiger partial charge in [-0.1, -0.05) is 47.2 Å². The van der Waals surface area contributed by atoms with E-state index < -0.39 is 10.0 Å². The molecule has 4 rings (SSSR count). The van der Waals surface area contributed by atoms with Gasteiger partial charge in [-0.15, -0.1) is 0 Å². The van der Waals surface area contributed by atoms with Gasteiger partial charge in [-0.05, 0) is 23.8 Å². The van der Waals surface area contributed by atoms with Crippen LogP contribution in [-0.2, 0) is 14.8 Å². The van der Waals surface area contributed by atoms with E-state index in [2.05, 4.69) is 10.3 Å². The van der Waals surface area contributed by atoms with Crippen molar-refractivity contribution in [3.8, 4) is 11.1 Å². The zero-order valence-electron chi connectivity index (χ0n) is 16.0. The summed E-state index contributed by atoms with van der Waals surface area (Å²) in [5.74, 6) is 0.153. The Kier molecular flexibility index (Phi) is 5.88. The molecule has 1 aliphatic rings. The lowest BCUT2D eigenvalue weighted by molar-refractivity contribution is -0.115. The summed E-state index contributed by atoms with van der Waals surface area (Å²) in [4.78, 5) is 16.4. The van der Waals surface area contributed by atoms with Crippen LogP contribution in [0.2, 0.25) is 10.0 Å². The lowest BCUT2D eigenvalue weighted by Gasteiger charge is -2.15. The summed E-state index contributed by atoms with van der Waals surface area (Å²) in [5.41, 5.74) is 1.59. The number of thioether (sulfide) groups is 1. The number of nitrogens with zero attached hydrogens (tertiary/aromatic N) is 2. The van der Waals surface area contributed by atoms with Gasteiger partial charge in [0, 0.05) is 43.5 Å². The molecule has 1 saturated heterocycles. The molecule has 1 aliphatic heterocycles. The third kappa shape index (κ3) is 4.11. The highest BCUT2D eigenvalue weighted by atomic mass is 35.5.